The van der Waals surface area contributed by atoms with E-state index in [1.807, 2.05) is 0 Å². The Balaban J connectivity index is 2.92. The molecule has 1 aromatic rings. The van der Waals surface area contributed by atoms with Gasteiger partial charge in [0, 0.05) is 6.54 Å². The SMILES string of the molecule is NC(=O)CN(CC(N)=O)Cc1ccccc1C(=O)O. The number of carbonyl (C=O) groups excluding carboxylic acids is 2. The number of carbonyl (C=O) groups is 3. The van der Waals surface area contributed by atoms with Crippen LogP contribution in [0.5, 0.6) is 0 Å². The Hall–Kier alpha value is -2.41. The molecule has 0 saturated carbocycles. The van der Waals surface area contributed by atoms with E-state index in [-0.39, 0.29) is 25.2 Å². The van der Waals surface area contributed by atoms with Crippen molar-refractivity contribution in [3.63, 3.8) is 0 Å². The van der Waals surface area contributed by atoms with Gasteiger partial charge in [0.25, 0.3) is 0 Å². The number of nitrogens with two attached hydrogens (primary N) is 2. The van der Waals surface area contributed by atoms with Crippen LogP contribution >= 0.6 is 0 Å². The van der Waals surface area contributed by atoms with E-state index in [0.29, 0.717) is 5.56 Å². The van der Waals surface area contributed by atoms with E-state index in [9.17, 15) is 14.4 Å². The van der Waals surface area contributed by atoms with Gasteiger partial charge in [-0.05, 0) is 11.6 Å². The smallest absolute Gasteiger partial charge is 0.336 e. The maximum atomic E-state index is 11.0. The Morgan fingerprint density at radius 3 is 2.05 bits per heavy atom. The molecule has 0 aliphatic heterocycles. The Morgan fingerprint density at radius 1 is 1.05 bits per heavy atom. The molecule has 19 heavy (non-hydrogen) atoms. The van der Waals surface area contributed by atoms with Crippen molar-refractivity contribution in [1.29, 1.82) is 0 Å². The van der Waals surface area contributed by atoms with Gasteiger partial charge < -0.3 is 16.6 Å². The van der Waals surface area contributed by atoms with Crippen molar-refractivity contribution in [3.05, 3.63) is 35.4 Å². The largest absolute Gasteiger partial charge is 0.478 e. The second kappa shape index (κ2) is 6.50. The summed E-state index contributed by atoms with van der Waals surface area (Å²) >= 11 is 0. The fourth-order valence-corrected chi connectivity index (χ4v) is 1.72. The van der Waals surface area contributed by atoms with Crippen LogP contribution in [0.3, 0.4) is 0 Å². The summed E-state index contributed by atoms with van der Waals surface area (Å²) in [5.41, 5.74) is 10.7. The molecule has 0 bridgehead atoms. The van der Waals surface area contributed by atoms with Gasteiger partial charge in [0.1, 0.15) is 0 Å². The predicted octanol–water partition coefficient (Wildman–Crippen LogP) is -0.843. The predicted molar refractivity (Wildman–Crippen MR) is 67.1 cm³/mol. The van der Waals surface area contributed by atoms with Gasteiger partial charge in [0.15, 0.2) is 0 Å². The van der Waals surface area contributed by atoms with Crippen LogP contribution in [0, 0.1) is 0 Å². The highest BCUT2D eigenvalue weighted by Crippen LogP contribution is 2.11. The first kappa shape index (κ1) is 14.7. The molecule has 0 fully saturated rings. The minimum Gasteiger partial charge on any atom is -0.478 e. The van der Waals surface area contributed by atoms with Gasteiger partial charge in [-0.25, -0.2) is 4.79 Å². The van der Waals surface area contributed by atoms with Crippen LogP contribution in [-0.4, -0.2) is 40.9 Å². The second-order valence-electron chi connectivity index (χ2n) is 4.04. The van der Waals surface area contributed by atoms with Gasteiger partial charge in [-0.3, -0.25) is 14.5 Å². The van der Waals surface area contributed by atoms with Crippen molar-refractivity contribution >= 4 is 17.8 Å². The molecular formula is C12H15N3O4. The van der Waals surface area contributed by atoms with Crippen LogP contribution in [0.1, 0.15) is 15.9 Å². The molecule has 7 heteroatoms. The molecule has 0 aromatic heterocycles. The van der Waals surface area contributed by atoms with Crippen molar-refractivity contribution in [2.75, 3.05) is 13.1 Å². The summed E-state index contributed by atoms with van der Waals surface area (Å²) in [7, 11) is 0. The Kier molecular flexibility index (Phi) is 5.01. The number of amides is 2. The summed E-state index contributed by atoms with van der Waals surface area (Å²) in [6.07, 6.45) is 0. The molecule has 102 valence electrons. The van der Waals surface area contributed by atoms with Crippen LogP contribution in [0.15, 0.2) is 24.3 Å². The topological polar surface area (TPSA) is 127 Å². The number of carboxylic acids is 1. The van der Waals surface area contributed by atoms with Crippen molar-refractivity contribution in [1.82, 2.24) is 4.90 Å². The quantitative estimate of drug-likeness (QED) is 0.592. The van der Waals surface area contributed by atoms with E-state index in [1.165, 1.54) is 11.0 Å². The van der Waals surface area contributed by atoms with E-state index in [1.54, 1.807) is 18.2 Å². The van der Waals surface area contributed by atoms with Crippen LogP contribution in [-0.2, 0) is 16.1 Å². The highest BCUT2D eigenvalue weighted by Gasteiger charge is 2.16. The molecule has 5 N–H and O–H groups in total. The standard InChI is InChI=1S/C12H15N3O4/c13-10(16)6-15(7-11(14)17)5-8-3-1-2-4-9(8)12(18)19/h1-4H,5-7H2,(H2,13,16)(H2,14,17)(H,18,19). The number of primary amides is 2. The first-order chi connectivity index (χ1) is 8.90. The number of rotatable bonds is 7. The molecule has 0 aliphatic carbocycles. The van der Waals surface area contributed by atoms with E-state index < -0.39 is 17.8 Å². The van der Waals surface area contributed by atoms with Crippen molar-refractivity contribution in [2.24, 2.45) is 11.5 Å². The first-order valence-electron chi connectivity index (χ1n) is 5.50. The third kappa shape index (κ3) is 4.76. The summed E-state index contributed by atoms with van der Waals surface area (Å²) < 4.78 is 0. The minimum atomic E-state index is -1.08. The highest BCUT2D eigenvalue weighted by atomic mass is 16.4. The second-order valence-corrected chi connectivity index (χ2v) is 4.04. The van der Waals surface area contributed by atoms with Gasteiger partial charge in [-0.1, -0.05) is 18.2 Å². The number of benzene rings is 1. The van der Waals surface area contributed by atoms with Gasteiger partial charge >= 0.3 is 5.97 Å². The molecule has 0 aliphatic rings. The molecule has 1 rings (SSSR count). The molecule has 2 amide bonds. The lowest BCUT2D eigenvalue weighted by Crippen LogP contribution is -2.39. The monoisotopic (exact) mass is 265 g/mol. The Morgan fingerprint density at radius 2 is 1.58 bits per heavy atom. The third-order valence-electron chi connectivity index (χ3n) is 2.40. The molecule has 0 unspecified atom stereocenters. The maximum Gasteiger partial charge on any atom is 0.336 e. The average molecular weight is 265 g/mol. The normalized spacial score (nSPS) is 10.4. The van der Waals surface area contributed by atoms with Crippen LogP contribution in [0.4, 0.5) is 0 Å². The van der Waals surface area contributed by atoms with Crippen LogP contribution in [0.2, 0.25) is 0 Å². The average Bonchev–Trinajstić information content (AvgIpc) is 2.27. The zero-order chi connectivity index (χ0) is 14.4. The lowest BCUT2D eigenvalue weighted by molar-refractivity contribution is -0.122. The van der Waals surface area contributed by atoms with E-state index >= 15 is 0 Å². The number of carboxylic acid groups (broad SMARTS) is 1. The fraction of sp³-hybridized carbons (Fsp3) is 0.250. The molecule has 0 atom stereocenters. The van der Waals surface area contributed by atoms with Crippen molar-refractivity contribution in [2.45, 2.75) is 6.54 Å². The molecule has 0 heterocycles. The van der Waals surface area contributed by atoms with E-state index in [0.717, 1.165) is 0 Å². The first-order valence-corrected chi connectivity index (χ1v) is 5.50. The van der Waals surface area contributed by atoms with Crippen LogP contribution < -0.4 is 11.5 Å². The maximum absolute atomic E-state index is 11.0. The molecule has 0 spiro atoms. The fourth-order valence-electron chi connectivity index (χ4n) is 1.72. The number of hydrogen-bond acceptors (Lipinski definition) is 4. The summed E-state index contributed by atoms with van der Waals surface area (Å²) in [5, 5.41) is 9.04. The van der Waals surface area contributed by atoms with Crippen molar-refractivity contribution in [3.8, 4) is 0 Å². The highest BCUT2D eigenvalue weighted by molar-refractivity contribution is 5.89. The Bertz CT molecular complexity index is 486. The molecule has 0 radical (unpaired) electrons. The van der Waals surface area contributed by atoms with E-state index in [2.05, 4.69) is 0 Å². The summed E-state index contributed by atoms with van der Waals surface area (Å²) in [5.74, 6) is -2.31. The van der Waals surface area contributed by atoms with Gasteiger partial charge in [-0.2, -0.15) is 0 Å². The van der Waals surface area contributed by atoms with Gasteiger partial charge in [0.2, 0.25) is 11.8 Å². The summed E-state index contributed by atoms with van der Waals surface area (Å²) in [4.78, 5) is 34.3. The van der Waals surface area contributed by atoms with Gasteiger partial charge in [0.05, 0.1) is 18.7 Å². The minimum absolute atomic E-state index is 0.106. The zero-order valence-corrected chi connectivity index (χ0v) is 10.2. The molecule has 0 saturated heterocycles. The Labute approximate surface area is 109 Å². The number of hydrogen-bond donors (Lipinski definition) is 3. The summed E-state index contributed by atoms with van der Waals surface area (Å²) in [6, 6.07) is 6.33. The van der Waals surface area contributed by atoms with Gasteiger partial charge in [-0.15, -0.1) is 0 Å². The lowest BCUT2D eigenvalue weighted by Gasteiger charge is -2.19. The number of nitrogens with zero attached hydrogens (tertiary/aromatic N) is 1. The molecular weight excluding hydrogens is 250 g/mol. The zero-order valence-electron chi connectivity index (χ0n) is 10.2. The number of aromatic carboxylic acids is 1. The van der Waals surface area contributed by atoms with E-state index in [4.69, 9.17) is 16.6 Å². The van der Waals surface area contributed by atoms with Crippen LogP contribution in [0.25, 0.3) is 0 Å². The molecule has 1 aromatic carbocycles. The lowest BCUT2D eigenvalue weighted by atomic mass is 10.1. The third-order valence-corrected chi connectivity index (χ3v) is 2.40. The van der Waals surface area contributed by atoms with Crippen molar-refractivity contribution < 1.29 is 19.5 Å². The molecule has 7 nitrogen and oxygen atoms in total. The summed E-state index contributed by atoms with van der Waals surface area (Å²) in [6.45, 7) is -0.234.